The molecule has 5 N–H and O–H groups in total. The van der Waals surface area contributed by atoms with Crippen LogP contribution in [0.2, 0.25) is 0 Å². The van der Waals surface area contributed by atoms with Gasteiger partial charge in [-0.1, -0.05) is 0 Å². The lowest BCUT2D eigenvalue weighted by Gasteiger charge is -2.06. The Morgan fingerprint density at radius 2 is 2.00 bits per heavy atom. The maximum Gasteiger partial charge on any atom is 0.168 e. The molecule has 0 atom stereocenters. The second-order valence-electron chi connectivity index (χ2n) is 2.65. The number of benzene rings is 1. The van der Waals surface area contributed by atoms with Crippen molar-refractivity contribution in [3.63, 3.8) is 0 Å². The first kappa shape index (κ1) is 10.7. The van der Waals surface area contributed by atoms with E-state index in [9.17, 15) is 0 Å². The highest BCUT2D eigenvalue weighted by molar-refractivity contribution is 7.80. The number of rotatable bonds is 4. The predicted molar refractivity (Wildman–Crippen MR) is 61.4 cm³/mol. The van der Waals surface area contributed by atoms with Gasteiger partial charge in [-0.05, 0) is 36.5 Å². The third-order valence-electron chi connectivity index (χ3n) is 1.51. The van der Waals surface area contributed by atoms with Gasteiger partial charge in [-0.2, -0.15) is 0 Å². The van der Waals surface area contributed by atoms with Gasteiger partial charge in [0.1, 0.15) is 12.4 Å². The molecule has 1 aromatic rings. The van der Waals surface area contributed by atoms with Crippen molar-refractivity contribution in [2.75, 3.05) is 18.5 Å². The molecule has 0 unspecified atom stereocenters. The lowest BCUT2D eigenvalue weighted by molar-refractivity contribution is 0.328. The van der Waals surface area contributed by atoms with Crippen molar-refractivity contribution in [3.05, 3.63) is 24.3 Å². The zero-order valence-electron chi connectivity index (χ0n) is 7.69. The fourth-order valence-electron chi connectivity index (χ4n) is 0.954. The molecular formula is C9H13N3OS. The van der Waals surface area contributed by atoms with Crippen LogP contribution in [0.5, 0.6) is 5.75 Å². The van der Waals surface area contributed by atoms with Gasteiger partial charge in [-0.3, -0.25) is 0 Å². The Morgan fingerprint density at radius 1 is 1.36 bits per heavy atom. The largest absolute Gasteiger partial charge is 0.492 e. The number of thiocarbonyl (C=S) groups is 1. The molecule has 0 aliphatic carbocycles. The normalized spacial score (nSPS) is 9.50. The molecule has 0 spiro atoms. The Bertz CT molecular complexity index is 299. The topological polar surface area (TPSA) is 73.3 Å². The zero-order valence-corrected chi connectivity index (χ0v) is 8.51. The van der Waals surface area contributed by atoms with Crippen LogP contribution in [0.3, 0.4) is 0 Å². The van der Waals surface area contributed by atoms with E-state index in [-0.39, 0.29) is 5.11 Å². The van der Waals surface area contributed by atoms with Crippen LogP contribution in [0.25, 0.3) is 0 Å². The van der Waals surface area contributed by atoms with Gasteiger partial charge in [-0.15, -0.1) is 0 Å². The maximum atomic E-state index is 5.32. The molecule has 4 nitrogen and oxygen atoms in total. The molecule has 0 saturated carbocycles. The summed E-state index contributed by atoms with van der Waals surface area (Å²) in [5.74, 6) is 0.781. The molecule has 5 heteroatoms. The van der Waals surface area contributed by atoms with E-state index in [0.29, 0.717) is 13.2 Å². The third kappa shape index (κ3) is 3.59. The van der Waals surface area contributed by atoms with Crippen LogP contribution in [-0.2, 0) is 0 Å². The second-order valence-corrected chi connectivity index (χ2v) is 3.09. The van der Waals surface area contributed by atoms with Crippen LogP contribution in [0.4, 0.5) is 5.69 Å². The minimum absolute atomic E-state index is 0.251. The fraction of sp³-hybridized carbons (Fsp3) is 0.222. The van der Waals surface area contributed by atoms with Crippen molar-refractivity contribution in [3.8, 4) is 5.75 Å². The average molecular weight is 211 g/mol. The monoisotopic (exact) mass is 211 g/mol. The molecule has 0 aromatic heterocycles. The molecule has 0 fully saturated rings. The number of nitrogens with one attached hydrogen (secondary N) is 1. The van der Waals surface area contributed by atoms with Crippen LogP contribution in [0.15, 0.2) is 24.3 Å². The molecule has 0 amide bonds. The standard InChI is InChI=1S/C9H13N3OS/c10-5-6-13-8-3-1-7(2-4-8)12-9(11)14/h1-4H,5-6,10H2,(H3,11,12,14). The lowest BCUT2D eigenvalue weighted by Crippen LogP contribution is -2.18. The molecule has 76 valence electrons. The predicted octanol–water partition coefficient (Wildman–Crippen LogP) is 0.680. The van der Waals surface area contributed by atoms with Gasteiger partial charge < -0.3 is 21.5 Å². The number of anilines is 1. The van der Waals surface area contributed by atoms with Crippen LogP contribution in [-0.4, -0.2) is 18.3 Å². The Balaban J connectivity index is 2.54. The molecular weight excluding hydrogens is 198 g/mol. The summed E-state index contributed by atoms with van der Waals surface area (Å²) in [7, 11) is 0. The summed E-state index contributed by atoms with van der Waals surface area (Å²) in [5, 5.41) is 3.07. The smallest absolute Gasteiger partial charge is 0.168 e. The van der Waals surface area contributed by atoms with Crippen molar-refractivity contribution in [1.82, 2.24) is 0 Å². The van der Waals surface area contributed by atoms with E-state index in [0.717, 1.165) is 11.4 Å². The number of nitrogens with two attached hydrogens (primary N) is 2. The molecule has 14 heavy (non-hydrogen) atoms. The van der Waals surface area contributed by atoms with Crippen molar-refractivity contribution in [2.24, 2.45) is 11.5 Å². The van der Waals surface area contributed by atoms with Gasteiger partial charge in [0.2, 0.25) is 0 Å². The highest BCUT2D eigenvalue weighted by Crippen LogP contribution is 2.15. The molecule has 0 bridgehead atoms. The number of hydrogen-bond acceptors (Lipinski definition) is 3. The molecule has 0 aliphatic rings. The Kier molecular flexibility index (Phi) is 4.15. The summed E-state index contributed by atoms with van der Waals surface area (Å²) in [6.07, 6.45) is 0. The maximum absolute atomic E-state index is 5.32. The fourth-order valence-corrected chi connectivity index (χ4v) is 1.07. The summed E-state index contributed by atoms with van der Waals surface area (Å²) >= 11 is 4.70. The lowest BCUT2D eigenvalue weighted by atomic mass is 10.3. The minimum Gasteiger partial charge on any atom is -0.492 e. The highest BCUT2D eigenvalue weighted by Gasteiger charge is 1.94. The van der Waals surface area contributed by atoms with Crippen molar-refractivity contribution >= 4 is 23.0 Å². The highest BCUT2D eigenvalue weighted by atomic mass is 32.1. The summed E-state index contributed by atoms with van der Waals surface area (Å²) in [6, 6.07) is 7.34. The first-order chi connectivity index (χ1) is 6.72. The number of ether oxygens (including phenoxy) is 1. The van der Waals surface area contributed by atoms with Crippen molar-refractivity contribution in [2.45, 2.75) is 0 Å². The van der Waals surface area contributed by atoms with Gasteiger partial charge in [0.15, 0.2) is 5.11 Å². The van der Waals surface area contributed by atoms with Crippen LogP contribution >= 0.6 is 12.2 Å². The van der Waals surface area contributed by atoms with Crippen molar-refractivity contribution < 1.29 is 4.74 Å². The summed E-state index contributed by atoms with van der Waals surface area (Å²) in [5.41, 5.74) is 11.5. The third-order valence-corrected chi connectivity index (χ3v) is 1.61. The minimum atomic E-state index is 0.251. The molecule has 0 heterocycles. The molecule has 1 aromatic carbocycles. The van der Waals surface area contributed by atoms with E-state index >= 15 is 0 Å². The molecule has 0 radical (unpaired) electrons. The Morgan fingerprint density at radius 3 is 2.50 bits per heavy atom. The average Bonchev–Trinajstić information content (AvgIpc) is 2.16. The quantitative estimate of drug-likeness (QED) is 0.639. The van der Waals surface area contributed by atoms with E-state index in [2.05, 4.69) is 5.32 Å². The van der Waals surface area contributed by atoms with Gasteiger partial charge >= 0.3 is 0 Å². The van der Waals surface area contributed by atoms with E-state index in [4.69, 9.17) is 28.4 Å². The van der Waals surface area contributed by atoms with E-state index < -0.39 is 0 Å². The summed E-state index contributed by atoms with van der Waals surface area (Å²) in [6.45, 7) is 1.02. The number of hydrogen-bond donors (Lipinski definition) is 3. The Labute approximate surface area is 88.2 Å². The first-order valence-electron chi connectivity index (χ1n) is 4.22. The van der Waals surface area contributed by atoms with Gasteiger partial charge in [0.05, 0.1) is 0 Å². The summed E-state index contributed by atoms with van der Waals surface area (Å²) in [4.78, 5) is 0. The van der Waals surface area contributed by atoms with Crippen LogP contribution < -0.4 is 21.5 Å². The van der Waals surface area contributed by atoms with E-state index in [1.54, 1.807) is 0 Å². The second kappa shape index (κ2) is 5.41. The Hall–Kier alpha value is -1.33. The molecule has 1 rings (SSSR count). The van der Waals surface area contributed by atoms with E-state index in [1.807, 2.05) is 24.3 Å². The van der Waals surface area contributed by atoms with Gasteiger partial charge in [0.25, 0.3) is 0 Å². The summed E-state index contributed by atoms with van der Waals surface area (Å²) < 4.78 is 5.30. The SMILES string of the molecule is NCCOc1ccc(NC(N)=S)cc1. The van der Waals surface area contributed by atoms with Gasteiger partial charge in [0, 0.05) is 12.2 Å². The van der Waals surface area contributed by atoms with E-state index in [1.165, 1.54) is 0 Å². The zero-order chi connectivity index (χ0) is 10.4. The molecule has 0 saturated heterocycles. The first-order valence-corrected chi connectivity index (χ1v) is 4.62. The van der Waals surface area contributed by atoms with Gasteiger partial charge in [-0.25, -0.2) is 0 Å². The van der Waals surface area contributed by atoms with Crippen LogP contribution in [0, 0.1) is 0 Å². The van der Waals surface area contributed by atoms with Crippen LogP contribution in [0.1, 0.15) is 0 Å². The van der Waals surface area contributed by atoms with Crippen molar-refractivity contribution in [1.29, 1.82) is 0 Å². The molecule has 0 aliphatic heterocycles.